The highest BCUT2D eigenvalue weighted by Crippen LogP contribution is 2.29. The van der Waals surface area contributed by atoms with Gasteiger partial charge in [0.15, 0.2) is 15.0 Å². The number of halogens is 1. The molecule has 3 aromatic rings. The van der Waals surface area contributed by atoms with Crippen molar-refractivity contribution < 1.29 is 18.0 Å². The minimum absolute atomic E-state index is 0.0572. The largest absolute Gasteiger partial charge is 0.327 e. The van der Waals surface area contributed by atoms with E-state index in [4.69, 9.17) is 11.6 Å². The lowest BCUT2D eigenvalue weighted by atomic mass is 10.1. The Hall–Kier alpha value is -2.57. The van der Waals surface area contributed by atoms with Crippen LogP contribution in [0.15, 0.2) is 47.4 Å². The van der Waals surface area contributed by atoms with Gasteiger partial charge in [-0.2, -0.15) is 0 Å². The Balaban J connectivity index is 1.36. The van der Waals surface area contributed by atoms with Crippen molar-refractivity contribution in [1.82, 2.24) is 20.5 Å². The lowest BCUT2D eigenvalue weighted by Crippen LogP contribution is -2.54. The third-order valence-corrected chi connectivity index (χ3v) is 8.87. The third kappa shape index (κ3) is 6.60. The number of amides is 3. The molecule has 1 aromatic heterocycles. The van der Waals surface area contributed by atoms with Crippen LogP contribution in [0.1, 0.15) is 30.6 Å². The summed E-state index contributed by atoms with van der Waals surface area (Å²) in [6.07, 6.45) is 0.551. The number of carbonyl (C=O) groups excluding carboxylic acids is 2. The number of rotatable bonds is 7. The van der Waals surface area contributed by atoms with Gasteiger partial charge in [-0.1, -0.05) is 35.1 Å². The Morgan fingerprint density at radius 3 is 2.61 bits per heavy atom. The van der Waals surface area contributed by atoms with Crippen LogP contribution in [0.5, 0.6) is 0 Å². The highest BCUT2D eigenvalue weighted by Gasteiger charge is 2.22. The average Bonchev–Trinajstić information content (AvgIpc) is 3.19. The molecule has 4 rings (SSSR count). The molecule has 2 atom stereocenters. The number of hydrogen-bond acceptors (Lipinski definition) is 8. The van der Waals surface area contributed by atoms with Crippen LogP contribution in [0.25, 0.3) is 10.2 Å². The van der Waals surface area contributed by atoms with Crippen LogP contribution in [0, 0.1) is 0 Å². The normalized spacial score (nSPS) is 18.8. The second-order valence-corrected chi connectivity index (χ2v) is 12.5. The first-order valence-corrected chi connectivity index (χ1v) is 14.4. The van der Waals surface area contributed by atoms with Crippen LogP contribution in [0.4, 0.5) is 9.93 Å². The summed E-state index contributed by atoms with van der Waals surface area (Å²) in [6, 6.07) is 11.1. The molecule has 0 unspecified atom stereocenters. The number of urea groups is 1. The first kappa shape index (κ1) is 26.5. The zero-order chi connectivity index (χ0) is 25.9. The molecule has 1 saturated heterocycles. The number of benzene rings is 2. The molecule has 0 bridgehead atoms. The van der Waals surface area contributed by atoms with E-state index in [-0.39, 0.29) is 26.4 Å². The van der Waals surface area contributed by atoms with Crippen LogP contribution in [-0.4, -0.2) is 67.7 Å². The van der Waals surface area contributed by atoms with Gasteiger partial charge in [0.25, 0.3) is 5.91 Å². The van der Waals surface area contributed by atoms with Crippen molar-refractivity contribution in [3.05, 3.63) is 53.1 Å². The first-order chi connectivity index (χ1) is 17.1. The van der Waals surface area contributed by atoms with Gasteiger partial charge in [-0.3, -0.25) is 15.4 Å². The number of imide groups is 1. The summed E-state index contributed by atoms with van der Waals surface area (Å²) >= 11 is 7.12. The Kier molecular flexibility index (Phi) is 8.26. The molecule has 1 fully saturated rings. The first-order valence-electron chi connectivity index (χ1n) is 11.6. The minimum Gasteiger partial charge on any atom is -0.309 e. The zero-order valence-electron chi connectivity index (χ0n) is 20.0. The number of aromatic nitrogens is 1. The number of piperazine rings is 1. The molecule has 0 radical (unpaired) electrons. The van der Waals surface area contributed by atoms with Crippen LogP contribution in [0.3, 0.4) is 0 Å². The topological polar surface area (TPSA) is 120 Å². The fourth-order valence-electron chi connectivity index (χ4n) is 4.31. The number of fused-ring (bicyclic) bond motifs is 1. The van der Waals surface area contributed by atoms with Crippen molar-refractivity contribution in [2.75, 3.05) is 30.7 Å². The lowest BCUT2D eigenvalue weighted by molar-refractivity contribution is 0.0967. The fraction of sp³-hybridized carbons (Fsp3) is 0.375. The number of nitrogens with zero attached hydrogens (tertiary/aromatic N) is 2. The third-order valence-electron chi connectivity index (χ3n) is 5.81. The minimum atomic E-state index is -3.46. The van der Waals surface area contributed by atoms with Crippen molar-refractivity contribution in [2.24, 2.45) is 0 Å². The summed E-state index contributed by atoms with van der Waals surface area (Å²) in [7, 11) is -3.46. The molecule has 3 amide bonds. The standard InChI is InChI=1S/C24H28ClN5O4S2/c1-15-13-30(14-16(2)26-15)10-5-11-36(33,34)17-8-9-20-21(12-17)35-24(27-20)29-23(32)28-22(31)18-6-3-4-7-19(18)25/h3-4,6-9,12,15-16,26H,5,10-11,13-14H2,1-2H3,(H2,27,28,29,31,32)/t15-,16-/m1/s1. The quantitative estimate of drug-likeness (QED) is 0.410. The molecule has 0 aliphatic carbocycles. The summed E-state index contributed by atoms with van der Waals surface area (Å²) < 4.78 is 26.5. The van der Waals surface area contributed by atoms with E-state index in [2.05, 4.69) is 39.7 Å². The van der Waals surface area contributed by atoms with Crippen LogP contribution >= 0.6 is 22.9 Å². The lowest BCUT2D eigenvalue weighted by Gasteiger charge is -2.36. The van der Waals surface area contributed by atoms with Gasteiger partial charge in [-0.15, -0.1) is 0 Å². The molecular weight excluding hydrogens is 522 g/mol. The predicted molar refractivity (Wildman–Crippen MR) is 143 cm³/mol. The van der Waals surface area contributed by atoms with Gasteiger partial charge >= 0.3 is 6.03 Å². The molecule has 0 saturated carbocycles. The van der Waals surface area contributed by atoms with Crippen molar-refractivity contribution in [2.45, 2.75) is 37.2 Å². The van der Waals surface area contributed by atoms with Crippen molar-refractivity contribution in [1.29, 1.82) is 0 Å². The van der Waals surface area contributed by atoms with Gasteiger partial charge in [0, 0.05) is 25.2 Å². The maximum atomic E-state index is 12.9. The number of hydrogen-bond donors (Lipinski definition) is 3. The van der Waals surface area contributed by atoms with E-state index in [1.54, 1.807) is 30.3 Å². The van der Waals surface area contributed by atoms with Crippen LogP contribution < -0.4 is 16.0 Å². The Bertz CT molecular complexity index is 1370. The van der Waals surface area contributed by atoms with Crippen molar-refractivity contribution >= 4 is 60.1 Å². The van der Waals surface area contributed by atoms with Gasteiger partial charge in [0.2, 0.25) is 0 Å². The van der Waals surface area contributed by atoms with Gasteiger partial charge in [0.1, 0.15) is 0 Å². The highest BCUT2D eigenvalue weighted by molar-refractivity contribution is 7.91. The Labute approximate surface area is 219 Å². The summed E-state index contributed by atoms with van der Waals surface area (Å²) in [5.41, 5.74) is 0.727. The molecule has 1 aliphatic rings. The maximum absolute atomic E-state index is 12.9. The number of nitrogens with one attached hydrogen (secondary N) is 3. The van der Waals surface area contributed by atoms with Crippen LogP contribution in [0.2, 0.25) is 5.02 Å². The Morgan fingerprint density at radius 2 is 1.89 bits per heavy atom. The molecule has 36 heavy (non-hydrogen) atoms. The van der Waals surface area contributed by atoms with Gasteiger partial charge in [-0.25, -0.2) is 18.2 Å². The van der Waals surface area contributed by atoms with E-state index in [0.29, 0.717) is 28.7 Å². The fourth-order valence-corrected chi connectivity index (χ4v) is 6.83. The highest BCUT2D eigenvalue weighted by atomic mass is 35.5. The zero-order valence-corrected chi connectivity index (χ0v) is 22.3. The predicted octanol–water partition coefficient (Wildman–Crippen LogP) is 3.76. The number of carbonyl (C=O) groups is 2. The number of thiazole rings is 1. The van der Waals surface area contributed by atoms with E-state index in [1.807, 2.05) is 0 Å². The van der Waals surface area contributed by atoms with Crippen molar-refractivity contribution in [3.8, 4) is 0 Å². The summed E-state index contributed by atoms with van der Waals surface area (Å²) in [6.45, 7) is 6.81. The second-order valence-electron chi connectivity index (χ2n) is 8.94. The maximum Gasteiger partial charge on any atom is 0.327 e. The van der Waals surface area contributed by atoms with E-state index >= 15 is 0 Å². The Morgan fingerprint density at radius 1 is 1.17 bits per heavy atom. The molecule has 3 N–H and O–H groups in total. The molecule has 2 aromatic carbocycles. The van der Waals surface area contributed by atoms with E-state index < -0.39 is 21.8 Å². The van der Waals surface area contributed by atoms with E-state index in [0.717, 1.165) is 31.0 Å². The number of sulfone groups is 1. The van der Waals surface area contributed by atoms with Gasteiger partial charge in [0.05, 0.1) is 31.5 Å². The molecular formula is C24H28ClN5O4S2. The summed E-state index contributed by atoms with van der Waals surface area (Å²) in [4.78, 5) is 31.4. The second kappa shape index (κ2) is 11.2. The van der Waals surface area contributed by atoms with E-state index in [9.17, 15) is 18.0 Å². The molecule has 2 heterocycles. The molecule has 1 aliphatic heterocycles. The van der Waals surface area contributed by atoms with Crippen molar-refractivity contribution in [3.63, 3.8) is 0 Å². The average molecular weight is 550 g/mol. The molecule has 192 valence electrons. The molecule has 9 nitrogen and oxygen atoms in total. The smallest absolute Gasteiger partial charge is 0.309 e. The molecule has 12 heteroatoms. The number of anilines is 1. The van der Waals surface area contributed by atoms with Gasteiger partial charge < -0.3 is 10.2 Å². The SMILES string of the molecule is C[C@@H]1CN(CCCS(=O)(=O)c2ccc3nc(NC(=O)NC(=O)c4ccccc4Cl)sc3c2)C[C@@H](C)N1. The van der Waals surface area contributed by atoms with Gasteiger partial charge in [-0.05, 0) is 57.1 Å². The summed E-state index contributed by atoms with van der Waals surface area (Å²) in [5, 5.41) is 8.68. The summed E-state index contributed by atoms with van der Waals surface area (Å²) in [5.74, 6) is -0.584. The van der Waals surface area contributed by atoms with Crippen LogP contribution in [-0.2, 0) is 9.84 Å². The monoisotopic (exact) mass is 549 g/mol. The molecule has 0 spiro atoms. The van der Waals surface area contributed by atoms with E-state index in [1.165, 1.54) is 12.1 Å².